The fourth-order valence-electron chi connectivity index (χ4n) is 4.23. The van der Waals surface area contributed by atoms with E-state index in [1.54, 1.807) is 0 Å². The molecular formula is C15H22. The van der Waals surface area contributed by atoms with Crippen LogP contribution in [-0.2, 0) is 0 Å². The van der Waals surface area contributed by atoms with Crippen LogP contribution in [0.15, 0.2) is 24.3 Å². The van der Waals surface area contributed by atoms with Crippen LogP contribution in [0.5, 0.6) is 0 Å². The van der Waals surface area contributed by atoms with Crippen LogP contribution in [0.1, 0.15) is 57.8 Å². The van der Waals surface area contributed by atoms with Crippen molar-refractivity contribution in [1.82, 2.24) is 0 Å². The number of hydrogen-bond donors (Lipinski definition) is 0. The Morgan fingerprint density at radius 3 is 2.07 bits per heavy atom. The average molecular weight is 202 g/mol. The van der Waals surface area contributed by atoms with Crippen molar-refractivity contribution in [3.63, 3.8) is 0 Å². The second-order valence-corrected chi connectivity index (χ2v) is 6.04. The molecule has 3 rings (SSSR count). The van der Waals surface area contributed by atoms with Gasteiger partial charge in [-0.2, -0.15) is 0 Å². The van der Waals surface area contributed by atoms with E-state index < -0.39 is 0 Å². The van der Waals surface area contributed by atoms with Gasteiger partial charge in [0, 0.05) is 5.41 Å². The van der Waals surface area contributed by atoms with E-state index in [2.05, 4.69) is 24.3 Å². The van der Waals surface area contributed by atoms with Gasteiger partial charge < -0.3 is 0 Å². The normalized spacial score (nSPS) is 31.5. The molecule has 3 aliphatic carbocycles. The molecule has 0 aromatic heterocycles. The van der Waals surface area contributed by atoms with Gasteiger partial charge in [-0.3, -0.25) is 0 Å². The Bertz CT molecular complexity index is 272. The summed E-state index contributed by atoms with van der Waals surface area (Å²) in [6.45, 7) is 0. The van der Waals surface area contributed by atoms with Crippen LogP contribution < -0.4 is 0 Å². The second kappa shape index (κ2) is 3.50. The zero-order valence-electron chi connectivity index (χ0n) is 9.67. The van der Waals surface area contributed by atoms with Crippen molar-refractivity contribution in [3.05, 3.63) is 24.3 Å². The zero-order chi connectivity index (χ0) is 10.2. The Balaban J connectivity index is 1.80. The standard InChI is InChI=1S/C15H22/c1-2-7-14(8-3-1)11-6-12-15(13-14)9-4-5-10-15/h4-5,9-10H,1-3,6-8,11-13H2. The molecule has 0 aliphatic heterocycles. The van der Waals surface area contributed by atoms with Gasteiger partial charge in [0.25, 0.3) is 0 Å². The monoisotopic (exact) mass is 202 g/mol. The lowest BCUT2D eigenvalue weighted by Gasteiger charge is -2.47. The van der Waals surface area contributed by atoms with Gasteiger partial charge >= 0.3 is 0 Å². The molecule has 2 saturated carbocycles. The lowest BCUT2D eigenvalue weighted by Crippen LogP contribution is -2.35. The highest BCUT2D eigenvalue weighted by Gasteiger charge is 2.43. The molecule has 0 aromatic rings. The van der Waals surface area contributed by atoms with Gasteiger partial charge in [0.1, 0.15) is 0 Å². The lowest BCUT2D eigenvalue weighted by atomic mass is 9.58. The van der Waals surface area contributed by atoms with Gasteiger partial charge in [-0.15, -0.1) is 0 Å². The van der Waals surface area contributed by atoms with Crippen LogP contribution in [-0.4, -0.2) is 0 Å². The maximum absolute atomic E-state index is 2.47. The highest BCUT2D eigenvalue weighted by molar-refractivity contribution is 5.26. The first-order valence-electron chi connectivity index (χ1n) is 6.70. The molecule has 0 radical (unpaired) electrons. The van der Waals surface area contributed by atoms with Crippen LogP contribution in [0.3, 0.4) is 0 Å². The number of rotatable bonds is 0. The van der Waals surface area contributed by atoms with Crippen LogP contribution >= 0.6 is 0 Å². The molecule has 0 unspecified atom stereocenters. The third-order valence-electron chi connectivity index (χ3n) is 4.94. The quantitative estimate of drug-likeness (QED) is 0.537. The summed E-state index contributed by atoms with van der Waals surface area (Å²) in [6, 6.07) is 0. The number of allylic oxidation sites excluding steroid dienone is 4. The van der Waals surface area contributed by atoms with E-state index in [4.69, 9.17) is 0 Å². The summed E-state index contributed by atoms with van der Waals surface area (Å²) in [4.78, 5) is 0. The van der Waals surface area contributed by atoms with Crippen molar-refractivity contribution in [2.45, 2.75) is 57.8 Å². The molecule has 2 fully saturated rings. The fraction of sp³-hybridized carbons (Fsp3) is 0.733. The molecule has 0 nitrogen and oxygen atoms in total. The van der Waals surface area contributed by atoms with Crippen LogP contribution in [0.25, 0.3) is 0 Å². The maximum Gasteiger partial charge on any atom is 0.00724 e. The fourth-order valence-corrected chi connectivity index (χ4v) is 4.23. The maximum atomic E-state index is 2.47. The van der Waals surface area contributed by atoms with E-state index >= 15 is 0 Å². The predicted molar refractivity (Wildman–Crippen MR) is 64.7 cm³/mol. The van der Waals surface area contributed by atoms with E-state index in [0.29, 0.717) is 5.41 Å². The molecule has 0 heterocycles. The Morgan fingerprint density at radius 2 is 1.33 bits per heavy atom. The molecule has 0 aromatic carbocycles. The van der Waals surface area contributed by atoms with Crippen molar-refractivity contribution in [1.29, 1.82) is 0 Å². The molecule has 82 valence electrons. The van der Waals surface area contributed by atoms with Gasteiger partial charge in [-0.05, 0) is 37.5 Å². The van der Waals surface area contributed by atoms with E-state index in [0.717, 1.165) is 5.41 Å². The molecule has 0 bridgehead atoms. The summed E-state index contributed by atoms with van der Waals surface area (Å²) in [5.41, 5.74) is 1.21. The summed E-state index contributed by atoms with van der Waals surface area (Å²) >= 11 is 0. The third kappa shape index (κ3) is 1.68. The molecule has 0 saturated heterocycles. The smallest absolute Gasteiger partial charge is 0.00724 e. The third-order valence-corrected chi connectivity index (χ3v) is 4.94. The Kier molecular flexibility index (Phi) is 2.26. The Morgan fingerprint density at radius 1 is 0.667 bits per heavy atom. The molecule has 2 spiro atoms. The predicted octanol–water partition coefficient (Wildman–Crippen LogP) is 4.62. The van der Waals surface area contributed by atoms with Gasteiger partial charge in [0.15, 0.2) is 0 Å². The van der Waals surface area contributed by atoms with Crippen molar-refractivity contribution in [2.24, 2.45) is 10.8 Å². The first kappa shape index (κ1) is 9.69. The minimum atomic E-state index is 0.482. The van der Waals surface area contributed by atoms with Crippen LogP contribution in [0, 0.1) is 10.8 Å². The minimum absolute atomic E-state index is 0.482. The average Bonchev–Trinajstić information content (AvgIpc) is 2.67. The Labute approximate surface area is 93.5 Å². The molecule has 3 aliphatic rings. The number of hydrogen-bond acceptors (Lipinski definition) is 0. The summed E-state index contributed by atoms with van der Waals surface area (Å²) in [5, 5.41) is 0. The van der Waals surface area contributed by atoms with Crippen LogP contribution in [0.4, 0.5) is 0 Å². The highest BCUT2D eigenvalue weighted by Crippen LogP contribution is 2.55. The van der Waals surface area contributed by atoms with Gasteiger partial charge in [0.05, 0.1) is 0 Å². The van der Waals surface area contributed by atoms with Crippen molar-refractivity contribution in [2.75, 3.05) is 0 Å². The molecule has 0 atom stereocenters. The molecule has 0 amide bonds. The Hall–Kier alpha value is -0.520. The van der Waals surface area contributed by atoms with E-state index in [-0.39, 0.29) is 0 Å². The molecular weight excluding hydrogens is 180 g/mol. The van der Waals surface area contributed by atoms with Gasteiger partial charge in [-0.1, -0.05) is 50.0 Å². The summed E-state index contributed by atoms with van der Waals surface area (Å²) in [6.07, 6.45) is 22.8. The van der Waals surface area contributed by atoms with Crippen molar-refractivity contribution >= 4 is 0 Å². The first-order chi connectivity index (χ1) is 7.33. The molecule has 0 heteroatoms. The zero-order valence-corrected chi connectivity index (χ0v) is 9.67. The van der Waals surface area contributed by atoms with Gasteiger partial charge in [-0.25, -0.2) is 0 Å². The second-order valence-electron chi connectivity index (χ2n) is 6.04. The lowest BCUT2D eigenvalue weighted by molar-refractivity contribution is 0.0755. The largest absolute Gasteiger partial charge is 0.0745 e. The molecule has 0 N–H and O–H groups in total. The topological polar surface area (TPSA) is 0 Å². The summed E-state index contributed by atoms with van der Waals surface area (Å²) < 4.78 is 0. The summed E-state index contributed by atoms with van der Waals surface area (Å²) in [7, 11) is 0. The highest BCUT2D eigenvalue weighted by atomic mass is 14.5. The van der Waals surface area contributed by atoms with E-state index in [1.807, 2.05) is 0 Å². The van der Waals surface area contributed by atoms with Gasteiger partial charge in [0.2, 0.25) is 0 Å². The van der Waals surface area contributed by atoms with E-state index in [1.165, 1.54) is 57.8 Å². The van der Waals surface area contributed by atoms with Crippen LogP contribution in [0.2, 0.25) is 0 Å². The molecule has 15 heavy (non-hydrogen) atoms. The first-order valence-corrected chi connectivity index (χ1v) is 6.70. The van der Waals surface area contributed by atoms with Crippen molar-refractivity contribution in [3.8, 4) is 0 Å². The minimum Gasteiger partial charge on any atom is -0.0745 e. The van der Waals surface area contributed by atoms with E-state index in [9.17, 15) is 0 Å². The summed E-state index contributed by atoms with van der Waals surface area (Å²) in [5.74, 6) is 0. The van der Waals surface area contributed by atoms with Crippen molar-refractivity contribution < 1.29 is 0 Å². The SMILES string of the molecule is C1=CC2(C=C1)CCCC1(CCCCC1)C2.